The van der Waals surface area contributed by atoms with Gasteiger partial charge in [-0.15, -0.1) is 11.3 Å². The minimum absolute atomic E-state index is 0.00412. The van der Waals surface area contributed by atoms with Crippen LogP contribution in [0, 0.1) is 11.3 Å². The molecule has 1 heterocycles. The normalized spacial score (nSPS) is 17.8. The van der Waals surface area contributed by atoms with Crippen LogP contribution in [-0.2, 0) is 22.6 Å². The molecule has 3 atom stereocenters. The average Bonchev–Trinajstić information content (AvgIpc) is 3.39. The van der Waals surface area contributed by atoms with E-state index in [1.807, 2.05) is 84.2 Å². The van der Waals surface area contributed by atoms with Crippen LogP contribution in [0.5, 0.6) is 0 Å². The second-order valence-corrected chi connectivity index (χ2v) is 11.2. The Bertz CT molecular complexity index is 1450. The number of nitrogens with two attached hydrogens (primary N) is 1. The summed E-state index contributed by atoms with van der Waals surface area (Å²) in [7, 11) is 0. The number of carbonyl (C=O) groups is 2. The Hall–Kier alpha value is -3.97. The van der Waals surface area contributed by atoms with Crippen molar-refractivity contribution in [3.63, 3.8) is 0 Å². The van der Waals surface area contributed by atoms with Gasteiger partial charge in [-0.3, -0.25) is 15.0 Å². The van der Waals surface area contributed by atoms with Gasteiger partial charge in [-0.1, -0.05) is 73.5 Å². The van der Waals surface area contributed by atoms with Crippen molar-refractivity contribution >= 4 is 39.1 Å². The number of amides is 2. The zero-order valence-electron chi connectivity index (χ0n) is 21.9. The molecule has 1 unspecified atom stereocenters. The monoisotopic (exact) mass is 538 g/mol. The first-order chi connectivity index (χ1) is 19.0. The predicted octanol–water partition coefficient (Wildman–Crippen LogP) is 5.50. The second kappa shape index (κ2) is 12.3. The number of hydrogen-bond donors (Lipinski definition) is 4. The van der Waals surface area contributed by atoms with E-state index in [1.165, 1.54) is 0 Å². The number of fused-ring (bicyclic) bond motifs is 1. The van der Waals surface area contributed by atoms with Gasteiger partial charge in [0, 0.05) is 22.8 Å². The molecular formula is C32H34N4O2S. The molecule has 0 radical (unpaired) electrons. The molecule has 0 saturated heterocycles. The van der Waals surface area contributed by atoms with Crippen LogP contribution in [0.15, 0.2) is 84.2 Å². The molecule has 4 aromatic rings. The summed E-state index contributed by atoms with van der Waals surface area (Å²) >= 11 is 1.59. The molecule has 1 aliphatic rings. The van der Waals surface area contributed by atoms with Gasteiger partial charge in [0.15, 0.2) is 0 Å². The van der Waals surface area contributed by atoms with E-state index >= 15 is 0 Å². The average molecular weight is 539 g/mol. The van der Waals surface area contributed by atoms with Crippen molar-refractivity contribution in [1.29, 1.82) is 5.41 Å². The van der Waals surface area contributed by atoms with E-state index in [-0.39, 0.29) is 29.6 Å². The van der Waals surface area contributed by atoms with Gasteiger partial charge in [0.2, 0.25) is 11.8 Å². The molecule has 6 nitrogen and oxygen atoms in total. The summed E-state index contributed by atoms with van der Waals surface area (Å²) in [6.45, 7) is 0.479. The molecule has 200 valence electrons. The van der Waals surface area contributed by atoms with Gasteiger partial charge in [0.05, 0.1) is 11.8 Å². The molecular weight excluding hydrogens is 504 g/mol. The lowest BCUT2D eigenvalue weighted by molar-refractivity contribution is -0.129. The molecule has 1 fully saturated rings. The largest absolute Gasteiger partial charge is 0.384 e. The van der Waals surface area contributed by atoms with Crippen LogP contribution in [0.3, 0.4) is 0 Å². The third-order valence-corrected chi connectivity index (χ3v) is 8.61. The van der Waals surface area contributed by atoms with Crippen LogP contribution in [0.2, 0.25) is 0 Å². The minimum Gasteiger partial charge on any atom is -0.384 e. The van der Waals surface area contributed by atoms with Gasteiger partial charge >= 0.3 is 0 Å². The Labute approximate surface area is 233 Å². The number of amidine groups is 1. The summed E-state index contributed by atoms with van der Waals surface area (Å²) in [5, 5.41) is 17.3. The quantitative estimate of drug-likeness (QED) is 0.167. The van der Waals surface area contributed by atoms with Crippen molar-refractivity contribution in [2.45, 2.75) is 50.6 Å². The summed E-state index contributed by atoms with van der Waals surface area (Å²) in [6, 6.07) is 25.4. The molecule has 5 N–H and O–H groups in total. The van der Waals surface area contributed by atoms with E-state index in [0.29, 0.717) is 18.5 Å². The first kappa shape index (κ1) is 26.6. The molecule has 3 aromatic carbocycles. The lowest BCUT2D eigenvalue weighted by Gasteiger charge is -2.32. The van der Waals surface area contributed by atoms with Crippen LogP contribution in [0.1, 0.15) is 53.9 Å². The zero-order valence-corrected chi connectivity index (χ0v) is 22.7. The summed E-state index contributed by atoms with van der Waals surface area (Å²) < 4.78 is 1.05. The molecule has 39 heavy (non-hydrogen) atoms. The lowest BCUT2D eigenvalue weighted by Crippen LogP contribution is -2.49. The van der Waals surface area contributed by atoms with Crippen LogP contribution in [-0.4, -0.2) is 23.7 Å². The molecule has 1 aromatic heterocycles. The number of thiophene rings is 1. The van der Waals surface area contributed by atoms with Gasteiger partial charge in [-0.25, -0.2) is 0 Å². The minimum atomic E-state index is -0.432. The zero-order chi connectivity index (χ0) is 27.2. The van der Waals surface area contributed by atoms with Crippen molar-refractivity contribution in [3.05, 3.63) is 106 Å². The Balaban J connectivity index is 1.39. The lowest BCUT2D eigenvalue weighted by atomic mass is 9.82. The van der Waals surface area contributed by atoms with E-state index in [2.05, 4.69) is 10.6 Å². The number of nitrogen functional groups attached to an aromatic ring is 1. The van der Waals surface area contributed by atoms with Crippen molar-refractivity contribution in [1.82, 2.24) is 10.6 Å². The van der Waals surface area contributed by atoms with Crippen molar-refractivity contribution in [2.24, 2.45) is 11.7 Å². The highest BCUT2D eigenvalue weighted by Crippen LogP contribution is 2.35. The summed E-state index contributed by atoms with van der Waals surface area (Å²) in [5.41, 5.74) is 9.48. The fourth-order valence-corrected chi connectivity index (χ4v) is 6.49. The third kappa shape index (κ3) is 6.37. The van der Waals surface area contributed by atoms with E-state index in [4.69, 9.17) is 11.1 Å². The van der Waals surface area contributed by atoms with Crippen LogP contribution >= 0.6 is 11.3 Å². The van der Waals surface area contributed by atoms with Gasteiger partial charge in [-0.2, -0.15) is 0 Å². The fraction of sp³-hybridized carbons (Fsp3) is 0.281. The molecule has 0 bridgehead atoms. The van der Waals surface area contributed by atoms with Crippen molar-refractivity contribution in [3.8, 4) is 0 Å². The number of benzene rings is 3. The maximum absolute atomic E-state index is 14.0. The Kier molecular flexibility index (Phi) is 8.37. The Morgan fingerprint density at radius 1 is 0.949 bits per heavy atom. The van der Waals surface area contributed by atoms with E-state index in [9.17, 15) is 9.59 Å². The number of carbonyl (C=O) groups excluding carboxylic acids is 2. The molecule has 0 aliphatic heterocycles. The van der Waals surface area contributed by atoms with Crippen molar-refractivity contribution in [2.75, 3.05) is 0 Å². The predicted molar refractivity (Wildman–Crippen MR) is 158 cm³/mol. The molecule has 2 amide bonds. The second-order valence-electron chi connectivity index (χ2n) is 10.3. The summed E-state index contributed by atoms with van der Waals surface area (Å²) in [6.07, 6.45) is 4.05. The number of hydrogen-bond acceptors (Lipinski definition) is 4. The van der Waals surface area contributed by atoms with E-state index < -0.39 is 5.92 Å². The highest BCUT2D eigenvalue weighted by Gasteiger charge is 2.34. The Morgan fingerprint density at radius 3 is 2.36 bits per heavy atom. The maximum atomic E-state index is 14.0. The van der Waals surface area contributed by atoms with Crippen LogP contribution < -0.4 is 16.4 Å². The third-order valence-electron chi connectivity index (χ3n) is 7.63. The van der Waals surface area contributed by atoms with E-state index in [1.54, 1.807) is 11.3 Å². The van der Waals surface area contributed by atoms with Crippen LogP contribution in [0.25, 0.3) is 10.1 Å². The summed E-state index contributed by atoms with van der Waals surface area (Å²) in [5.74, 6) is -0.759. The topological polar surface area (TPSA) is 108 Å². The molecule has 1 aliphatic carbocycles. The van der Waals surface area contributed by atoms with Gasteiger partial charge in [0.25, 0.3) is 0 Å². The first-order valence-electron chi connectivity index (χ1n) is 13.5. The van der Waals surface area contributed by atoms with Crippen LogP contribution in [0.4, 0.5) is 0 Å². The Morgan fingerprint density at radius 2 is 1.64 bits per heavy atom. The molecule has 5 rings (SSSR count). The SMILES string of the molecule is N=C(N)c1ccc2scc(C(Cc3ccccc3)C(=O)N[C@H]3CCCC[C@H]3C(=O)NCc3ccccc3)c2c1. The number of rotatable bonds is 9. The first-order valence-corrected chi connectivity index (χ1v) is 14.4. The number of nitrogens with one attached hydrogen (secondary N) is 3. The smallest absolute Gasteiger partial charge is 0.228 e. The highest BCUT2D eigenvalue weighted by molar-refractivity contribution is 7.17. The van der Waals surface area contributed by atoms with E-state index in [0.717, 1.165) is 52.5 Å². The van der Waals surface area contributed by atoms with Gasteiger partial charge in [-0.05, 0) is 64.9 Å². The molecule has 7 heteroatoms. The summed E-state index contributed by atoms with van der Waals surface area (Å²) in [4.78, 5) is 27.3. The molecule has 1 saturated carbocycles. The standard InChI is InChI=1S/C32H34N4O2S/c33-30(34)23-15-16-29-25(18-23)27(20-39-29)26(17-21-9-3-1-4-10-21)32(38)36-28-14-8-7-13-24(28)31(37)35-19-22-11-5-2-6-12-22/h1-6,9-12,15-16,18,20,24,26,28H,7-8,13-14,17,19H2,(H3,33,34)(H,35,37)(H,36,38)/t24-,26?,28+/m1/s1. The maximum Gasteiger partial charge on any atom is 0.228 e. The van der Waals surface area contributed by atoms with Gasteiger partial charge in [0.1, 0.15) is 5.84 Å². The molecule has 0 spiro atoms. The highest BCUT2D eigenvalue weighted by atomic mass is 32.1. The van der Waals surface area contributed by atoms with Crippen molar-refractivity contribution < 1.29 is 9.59 Å². The van der Waals surface area contributed by atoms with Gasteiger partial charge < -0.3 is 16.4 Å². The fourth-order valence-electron chi connectivity index (χ4n) is 5.50.